The zero-order chi connectivity index (χ0) is 13.7. The predicted molar refractivity (Wildman–Crippen MR) is 61.6 cm³/mol. The molecule has 106 valence electrons. The van der Waals surface area contributed by atoms with Crippen molar-refractivity contribution < 1.29 is 29.6 Å². The third kappa shape index (κ3) is 3.89. The van der Waals surface area contributed by atoms with Gasteiger partial charge in [-0.2, -0.15) is 0 Å². The molecule has 5 atom stereocenters. The lowest BCUT2D eigenvalue weighted by atomic mass is 10.0. The Morgan fingerprint density at radius 1 is 1.28 bits per heavy atom. The first-order valence-electron chi connectivity index (χ1n) is 6.05. The second kappa shape index (κ2) is 7.01. The second-order valence-corrected chi connectivity index (χ2v) is 4.26. The van der Waals surface area contributed by atoms with E-state index in [4.69, 9.17) is 9.47 Å². The van der Waals surface area contributed by atoms with E-state index in [2.05, 4.69) is 5.32 Å². The standard InChI is InChI=1S/C11H21NO6/c1-3-7(13)12-4-5-17-11-10(16)9(15)8(14)6(2)18-11/h6,8-11,14-16H,3-5H2,1-2H3,(H,12,13)/t6-,8+,9+,10-,11+/m0/s1. The van der Waals surface area contributed by atoms with Crippen molar-refractivity contribution in [1.29, 1.82) is 0 Å². The number of carbonyl (C=O) groups excluding carboxylic acids is 1. The van der Waals surface area contributed by atoms with Crippen molar-refractivity contribution in [1.82, 2.24) is 5.32 Å². The lowest BCUT2D eigenvalue weighted by Crippen LogP contribution is -2.57. The molecule has 7 nitrogen and oxygen atoms in total. The van der Waals surface area contributed by atoms with Crippen molar-refractivity contribution in [3.8, 4) is 0 Å². The Morgan fingerprint density at radius 3 is 2.56 bits per heavy atom. The van der Waals surface area contributed by atoms with Crippen molar-refractivity contribution >= 4 is 5.91 Å². The van der Waals surface area contributed by atoms with E-state index in [0.29, 0.717) is 13.0 Å². The highest BCUT2D eigenvalue weighted by molar-refractivity contribution is 5.75. The summed E-state index contributed by atoms with van der Waals surface area (Å²) in [6.45, 7) is 3.77. The van der Waals surface area contributed by atoms with Gasteiger partial charge in [-0.15, -0.1) is 0 Å². The molecule has 18 heavy (non-hydrogen) atoms. The molecule has 4 N–H and O–H groups in total. The van der Waals surface area contributed by atoms with E-state index in [9.17, 15) is 20.1 Å². The number of aliphatic hydroxyl groups is 3. The Balaban J connectivity index is 2.31. The van der Waals surface area contributed by atoms with Gasteiger partial charge in [0.1, 0.15) is 18.3 Å². The number of ether oxygens (including phenoxy) is 2. The van der Waals surface area contributed by atoms with E-state index >= 15 is 0 Å². The van der Waals surface area contributed by atoms with E-state index < -0.39 is 30.7 Å². The fraction of sp³-hybridized carbons (Fsp3) is 0.909. The molecule has 1 rings (SSSR count). The molecule has 0 spiro atoms. The summed E-state index contributed by atoms with van der Waals surface area (Å²) in [4.78, 5) is 11.0. The number of hydrogen-bond donors (Lipinski definition) is 4. The van der Waals surface area contributed by atoms with Crippen LogP contribution in [-0.4, -0.2) is 65.1 Å². The van der Waals surface area contributed by atoms with Crippen molar-refractivity contribution in [2.24, 2.45) is 0 Å². The summed E-state index contributed by atoms with van der Waals surface area (Å²) >= 11 is 0. The van der Waals surface area contributed by atoms with E-state index in [1.807, 2.05) is 0 Å². The molecule has 0 aromatic heterocycles. The van der Waals surface area contributed by atoms with Crippen LogP contribution in [0.1, 0.15) is 20.3 Å². The monoisotopic (exact) mass is 263 g/mol. The summed E-state index contributed by atoms with van der Waals surface area (Å²) in [6, 6.07) is 0. The molecular formula is C11H21NO6. The first-order valence-corrected chi connectivity index (χ1v) is 6.05. The van der Waals surface area contributed by atoms with Crippen LogP contribution < -0.4 is 5.32 Å². The van der Waals surface area contributed by atoms with Crippen molar-refractivity contribution in [2.45, 2.75) is 51.0 Å². The van der Waals surface area contributed by atoms with Crippen LogP contribution in [0.2, 0.25) is 0 Å². The molecule has 1 heterocycles. The first-order chi connectivity index (χ1) is 8.47. The van der Waals surface area contributed by atoms with Crippen LogP contribution >= 0.6 is 0 Å². The van der Waals surface area contributed by atoms with E-state index in [1.54, 1.807) is 13.8 Å². The first kappa shape index (κ1) is 15.3. The SMILES string of the molecule is CCC(=O)NCCO[C@@H]1O[C@@H](C)[C@@H](O)[C@@H](O)[C@@H]1O. The number of hydrogen-bond acceptors (Lipinski definition) is 6. The maximum Gasteiger partial charge on any atom is 0.219 e. The van der Waals surface area contributed by atoms with Crippen LogP contribution in [-0.2, 0) is 14.3 Å². The Labute approximate surface area is 106 Å². The molecule has 0 radical (unpaired) electrons. The van der Waals surface area contributed by atoms with Gasteiger partial charge < -0.3 is 30.1 Å². The summed E-state index contributed by atoms with van der Waals surface area (Å²) in [7, 11) is 0. The van der Waals surface area contributed by atoms with Gasteiger partial charge in [0, 0.05) is 13.0 Å². The lowest BCUT2D eigenvalue weighted by Gasteiger charge is -2.38. The molecule has 0 saturated carbocycles. The molecule has 1 aliphatic heterocycles. The maximum atomic E-state index is 11.0. The fourth-order valence-electron chi connectivity index (χ4n) is 1.64. The van der Waals surface area contributed by atoms with Gasteiger partial charge in [-0.05, 0) is 6.92 Å². The summed E-state index contributed by atoms with van der Waals surface area (Å²) in [5.41, 5.74) is 0. The molecule has 0 bridgehead atoms. The number of rotatable bonds is 5. The summed E-state index contributed by atoms with van der Waals surface area (Å²) < 4.78 is 10.4. The van der Waals surface area contributed by atoms with Crippen LogP contribution in [0.5, 0.6) is 0 Å². The van der Waals surface area contributed by atoms with Gasteiger partial charge in [-0.25, -0.2) is 0 Å². The van der Waals surface area contributed by atoms with Gasteiger partial charge in [0.15, 0.2) is 6.29 Å². The van der Waals surface area contributed by atoms with Gasteiger partial charge in [0.25, 0.3) is 0 Å². The molecule has 1 fully saturated rings. The fourth-order valence-corrected chi connectivity index (χ4v) is 1.64. The highest BCUT2D eigenvalue weighted by Gasteiger charge is 2.42. The third-order valence-corrected chi connectivity index (χ3v) is 2.84. The van der Waals surface area contributed by atoms with E-state index in [-0.39, 0.29) is 12.5 Å². The molecule has 0 aromatic carbocycles. The smallest absolute Gasteiger partial charge is 0.219 e. The normalized spacial score (nSPS) is 36.4. The van der Waals surface area contributed by atoms with Crippen LogP contribution in [0.15, 0.2) is 0 Å². The Hall–Kier alpha value is -0.730. The molecule has 7 heteroatoms. The number of amides is 1. The van der Waals surface area contributed by atoms with Gasteiger partial charge in [0.2, 0.25) is 5.91 Å². The molecule has 1 saturated heterocycles. The molecule has 0 aromatic rings. The maximum absolute atomic E-state index is 11.0. The Bertz CT molecular complexity index is 274. The van der Waals surface area contributed by atoms with E-state index in [1.165, 1.54) is 0 Å². The molecule has 1 amide bonds. The molecular weight excluding hydrogens is 242 g/mol. The van der Waals surface area contributed by atoms with Gasteiger partial charge in [0.05, 0.1) is 12.7 Å². The largest absolute Gasteiger partial charge is 0.388 e. The van der Waals surface area contributed by atoms with E-state index in [0.717, 1.165) is 0 Å². The number of nitrogens with one attached hydrogen (secondary N) is 1. The van der Waals surface area contributed by atoms with Gasteiger partial charge in [-0.3, -0.25) is 4.79 Å². The minimum absolute atomic E-state index is 0.0902. The summed E-state index contributed by atoms with van der Waals surface area (Å²) in [5, 5.41) is 31.2. The second-order valence-electron chi connectivity index (χ2n) is 4.26. The van der Waals surface area contributed by atoms with Crippen LogP contribution in [0.3, 0.4) is 0 Å². The van der Waals surface area contributed by atoms with Crippen LogP contribution in [0.4, 0.5) is 0 Å². The highest BCUT2D eigenvalue weighted by atomic mass is 16.7. The van der Waals surface area contributed by atoms with Gasteiger partial charge in [-0.1, -0.05) is 6.92 Å². The lowest BCUT2D eigenvalue weighted by molar-refractivity contribution is -0.292. The molecule has 1 aliphatic rings. The van der Waals surface area contributed by atoms with Crippen molar-refractivity contribution in [2.75, 3.05) is 13.2 Å². The summed E-state index contributed by atoms with van der Waals surface area (Å²) in [6.07, 6.45) is -4.98. The quantitative estimate of drug-likeness (QED) is 0.443. The topological polar surface area (TPSA) is 108 Å². The Morgan fingerprint density at radius 2 is 1.94 bits per heavy atom. The Kier molecular flexibility index (Phi) is 5.97. The van der Waals surface area contributed by atoms with Crippen molar-refractivity contribution in [3.05, 3.63) is 0 Å². The number of aliphatic hydroxyl groups excluding tert-OH is 3. The zero-order valence-electron chi connectivity index (χ0n) is 10.6. The predicted octanol–water partition coefficient (Wildman–Crippen LogP) is -1.64. The minimum atomic E-state index is -1.31. The van der Waals surface area contributed by atoms with Gasteiger partial charge >= 0.3 is 0 Å². The molecule has 0 aliphatic carbocycles. The third-order valence-electron chi connectivity index (χ3n) is 2.84. The summed E-state index contributed by atoms with van der Waals surface area (Å²) in [5.74, 6) is -0.0902. The zero-order valence-corrected chi connectivity index (χ0v) is 10.6. The minimum Gasteiger partial charge on any atom is -0.388 e. The average molecular weight is 263 g/mol. The average Bonchev–Trinajstić information content (AvgIpc) is 2.37. The number of carbonyl (C=O) groups is 1. The highest BCUT2D eigenvalue weighted by Crippen LogP contribution is 2.21. The van der Waals surface area contributed by atoms with Crippen LogP contribution in [0, 0.1) is 0 Å². The van der Waals surface area contributed by atoms with Crippen LogP contribution in [0.25, 0.3) is 0 Å². The van der Waals surface area contributed by atoms with Crippen molar-refractivity contribution in [3.63, 3.8) is 0 Å². The molecule has 0 unspecified atom stereocenters.